The minimum atomic E-state index is -1.16. The van der Waals surface area contributed by atoms with Crippen molar-refractivity contribution in [3.05, 3.63) is 58.1 Å². The van der Waals surface area contributed by atoms with Crippen LogP contribution in [0.2, 0.25) is 5.02 Å². The molecule has 0 bridgehead atoms. The number of benzene rings is 2. The number of rotatable bonds is 5. The molecular formula is C18H18ClF2N3O2. The Kier molecular flexibility index (Phi) is 6.28. The molecular weight excluding hydrogens is 364 g/mol. The second kappa shape index (κ2) is 8.25. The molecule has 2 N–H and O–H groups in total. The molecule has 0 aliphatic heterocycles. The molecule has 0 saturated carbocycles. The van der Waals surface area contributed by atoms with Crippen molar-refractivity contribution < 1.29 is 18.4 Å². The van der Waals surface area contributed by atoms with Crippen molar-refractivity contribution in [3.63, 3.8) is 0 Å². The van der Waals surface area contributed by atoms with Crippen molar-refractivity contribution in [2.75, 3.05) is 31.3 Å². The van der Waals surface area contributed by atoms with Gasteiger partial charge in [0.05, 0.1) is 17.1 Å². The first-order valence-electron chi connectivity index (χ1n) is 7.68. The van der Waals surface area contributed by atoms with Gasteiger partial charge in [-0.05, 0) is 56.9 Å². The van der Waals surface area contributed by atoms with Crippen LogP contribution in [0.25, 0.3) is 0 Å². The van der Waals surface area contributed by atoms with Crippen molar-refractivity contribution in [3.8, 4) is 0 Å². The SMILES string of the molecule is Cc1cc(NC(=O)c2cc(F)c(F)cc2Cl)ccc1NC(=O)CN(C)C. The van der Waals surface area contributed by atoms with Crippen LogP contribution in [0.5, 0.6) is 0 Å². The van der Waals surface area contributed by atoms with Gasteiger partial charge in [-0.15, -0.1) is 0 Å². The van der Waals surface area contributed by atoms with Gasteiger partial charge in [-0.1, -0.05) is 11.6 Å². The maximum Gasteiger partial charge on any atom is 0.257 e. The zero-order valence-electron chi connectivity index (χ0n) is 14.5. The molecule has 138 valence electrons. The molecule has 0 fully saturated rings. The molecule has 26 heavy (non-hydrogen) atoms. The predicted molar refractivity (Wildman–Crippen MR) is 97.7 cm³/mol. The molecule has 0 atom stereocenters. The predicted octanol–water partition coefficient (Wildman–Crippen LogP) is 3.68. The summed E-state index contributed by atoms with van der Waals surface area (Å²) in [5, 5.41) is 5.15. The Balaban J connectivity index is 2.13. The smallest absolute Gasteiger partial charge is 0.257 e. The molecule has 0 aliphatic carbocycles. The Morgan fingerprint density at radius 3 is 2.35 bits per heavy atom. The lowest BCUT2D eigenvalue weighted by molar-refractivity contribution is -0.116. The molecule has 0 aromatic heterocycles. The Morgan fingerprint density at radius 2 is 1.73 bits per heavy atom. The number of anilines is 2. The van der Waals surface area contributed by atoms with Gasteiger partial charge in [-0.3, -0.25) is 9.59 Å². The standard InChI is InChI=1S/C18H18ClF2N3O2/c1-10-6-11(4-5-16(10)23-17(25)9-24(2)3)22-18(26)12-7-14(20)15(21)8-13(12)19/h4-8H,9H2,1-3H3,(H,22,26)(H,23,25). The summed E-state index contributed by atoms with van der Waals surface area (Å²) < 4.78 is 26.4. The van der Waals surface area contributed by atoms with Crippen LogP contribution in [-0.4, -0.2) is 37.4 Å². The monoisotopic (exact) mass is 381 g/mol. The average Bonchev–Trinajstić information content (AvgIpc) is 2.52. The zero-order valence-corrected chi connectivity index (χ0v) is 15.2. The number of hydrogen-bond donors (Lipinski definition) is 2. The second-order valence-electron chi connectivity index (χ2n) is 6.02. The van der Waals surface area contributed by atoms with E-state index in [2.05, 4.69) is 10.6 Å². The van der Waals surface area contributed by atoms with Gasteiger partial charge in [-0.25, -0.2) is 8.78 Å². The number of nitrogens with zero attached hydrogens (tertiary/aromatic N) is 1. The van der Waals surface area contributed by atoms with Crippen LogP contribution in [0.15, 0.2) is 30.3 Å². The van der Waals surface area contributed by atoms with E-state index < -0.39 is 17.5 Å². The molecule has 0 aliphatic rings. The van der Waals surface area contributed by atoms with Gasteiger partial charge in [0, 0.05) is 11.4 Å². The quantitative estimate of drug-likeness (QED) is 0.777. The van der Waals surface area contributed by atoms with Crippen molar-refractivity contribution >= 4 is 34.8 Å². The largest absolute Gasteiger partial charge is 0.325 e. The Morgan fingerprint density at radius 1 is 1.08 bits per heavy atom. The highest BCUT2D eigenvalue weighted by atomic mass is 35.5. The molecule has 8 heteroatoms. The summed E-state index contributed by atoms with van der Waals surface area (Å²) >= 11 is 5.80. The van der Waals surface area contributed by atoms with Crippen molar-refractivity contribution in [1.82, 2.24) is 4.90 Å². The fourth-order valence-corrected chi connectivity index (χ4v) is 2.49. The van der Waals surface area contributed by atoms with Crippen molar-refractivity contribution in [2.45, 2.75) is 6.92 Å². The minimum Gasteiger partial charge on any atom is -0.325 e. The van der Waals surface area contributed by atoms with Gasteiger partial charge in [0.15, 0.2) is 11.6 Å². The Hall–Kier alpha value is -2.51. The van der Waals surface area contributed by atoms with E-state index in [-0.39, 0.29) is 23.0 Å². The normalized spacial score (nSPS) is 10.7. The third-order valence-electron chi connectivity index (χ3n) is 3.47. The van der Waals surface area contributed by atoms with E-state index in [4.69, 9.17) is 11.6 Å². The number of amides is 2. The van der Waals surface area contributed by atoms with Crippen LogP contribution in [0.3, 0.4) is 0 Å². The second-order valence-corrected chi connectivity index (χ2v) is 6.42. The number of likely N-dealkylation sites (N-methyl/N-ethyl adjacent to an activating group) is 1. The molecule has 5 nitrogen and oxygen atoms in total. The highest BCUT2D eigenvalue weighted by Gasteiger charge is 2.15. The van der Waals surface area contributed by atoms with E-state index in [9.17, 15) is 18.4 Å². The first-order valence-corrected chi connectivity index (χ1v) is 8.06. The van der Waals surface area contributed by atoms with Crippen molar-refractivity contribution in [1.29, 1.82) is 0 Å². The van der Waals surface area contributed by atoms with Gasteiger partial charge in [0.2, 0.25) is 5.91 Å². The van der Waals surface area contributed by atoms with E-state index in [1.165, 1.54) is 0 Å². The van der Waals surface area contributed by atoms with E-state index in [0.29, 0.717) is 11.4 Å². The van der Waals surface area contributed by atoms with Crippen molar-refractivity contribution in [2.24, 2.45) is 0 Å². The number of aryl methyl sites for hydroxylation is 1. The Labute approximate surface area is 154 Å². The zero-order chi connectivity index (χ0) is 19.4. The molecule has 0 spiro atoms. The van der Waals surface area contributed by atoms with E-state index in [0.717, 1.165) is 17.7 Å². The number of hydrogen-bond acceptors (Lipinski definition) is 3. The van der Waals surface area contributed by atoms with Crippen LogP contribution in [0.1, 0.15) is 15.9 Å². The lowest BCUT2D eigenvalue weighted by atomic mass is 10.1. The highest BCUT2D eigenvalue weighted by molar-refractivity contribution is 6.34. The molecule has 2 rings (SSSR count). The van der Waals surface area contributed by atoms with Gasteiger partial charge in [0.25, 0.3) is 5.91 Å². The van der Waals surface area contributed by atoms with Gasteiger partial charge < -0.3 is 15.5 Å². The lowest BCUT2D eigenvalue weighted by Gasteiger charge is -2.13. The van der Waals surface area contributed by atoms with Crippen LogP contribution in [0.4, 0.5) is 20.2 Å². The van der Waals surface area contributed by atoms with Crippen LogP contribution < -0.4 is 10.6 Å². The highest BCUT2D eigenvalue weighted by Crippen LogP contribution is 2.23. The lowest BCUT2D eigenvalue weighted by Crippen LogP contribution is -2.27. The summed E-state index contributed by atoms with van der Waals surface area (Å²) in [7, 11) is 3.57. The van der Waals surface area contributed by atoms with Crippen LogP contribution in [0, 0.1) is 18.6 Å². The summed E-state index contributed by atoms with van der Waals surface area (Å²) in [6, 6.07) is 6.38. The van der Waals surface area contributed by atoms with E-state index in [1.807, 2.05) is 0 Å². The molecule has 2 aromatic carbocycles. The molecule has 0 heterocycles. The maximum atomic E-state index is 13.3. The summed E-state index contributed by atoms with van der Waals surface area (Å²) in [6.07, 6.45) is 0. The van der Waals surface area contributed by atoms with Gasteiger partial charge >= 0.3 is 0 Å². The molecule has 0 saturated heterocycles. The number of carbonyl (C=O) groups excluding carboxylic acids is 2. The third-order valence-corrected chi connectivity index (χ3v) is 3.79. The third kappa shape index (κ3) is 5.00. The molecule has 2 aromatic rings. The van der Waals surface area contributed by atoms with E-state index >= 15 is 0 Å². The number of carbonyl (C=O) groups is 2. The van der Waals surface area contributed by atoms with Gasteiger partial charge in [-0.2, -0.15) is 0 Å². The first kappa shape index (κ1) is 19.8. The Bertz CT molecular complexity index is 857. The fourth-order valence-electron chi connectivity index (χ4n) is 2.25. The molecule has 0 unspecified atom stereocenters. The van der Waals surface area contributed by atoms with Gasteiger partial charge in [0.1, 0.15) is 0 Å². The maximum absolute atomic E-state index is 13.3. The average molecular weight is 382 g/mol. The number of halogens is 3. The van der Waals surface area contributed by atoms with E-state index in [1.54, 1.807) is 44.1 Å². The molecule has 0 radical (unpaired) electrons. The summed E-state index contributed by atoms with van der Waals surface area (Å²) in [4.78, 5) is 25.8. The summed E-state index contributed by atoms with van der Waals surface area (Å²) in [5.41, 5.74) is 1.59. The summed E-state index contributed by atoms with van der Waals surface area (Å²) in [6.45, 7) is 2.01. The number of nitrogens with one attached hydrogen (secondary N) is 2. The van der Waals surface area contributed by atoms with Crippen LogP contribution in [-0.2, 0) is 4.79 Å². The van der Waals surface area contributed by atoms with Crippen LogP contribution >= 0.6 is 11.6 Å². The summed E-state index contributed by atoms with van der Waals surface area (Å²) in [5.74, 6) is -3.11. The topological polar surface area (TPSA) is 61.4 Å². The molecule has 2 amide bonds. The fraction of sp³-hybridized carbons (Fsp3) is 0.222. The minimum absolute atomic E-state index is 0.163. The first-order chi connectivity index (χ1) is 12.2.